The van der Waals surface area contributed by atoms with Gasteiger partial charge in [0.05, 0.1) is 5.56 Å². The second-order valence-corrected chi connectivity index (χ2v) is 6.09. The Balaban J connectivity index is 3.36. The van der Waals surface area contributed by atoms with E-state index in [-0.39, 0.29) is 4.47 Å². The minimum absolute atomic E-state index is 0.209. The van der Waals surface area contributed by atoms with E-state index < -0.39 is 26.1 Å². The molecule has 0 radical (unpaired) electrons. The molecule has 1 N–H and O–H groups in total. The van der Waals surface area contributed by atoms with Crippen LogP contribution in [0.15, 0.2) is 27.6 Å². The van der Waals surface area contributed by atoms with E-state index in [9.17, 15) is 17.4 Å². The second kappa shape index (κ2) is 4.04. The zero-order valence-corrected chi connectivity index (χ0v) is 10.0. The monoisotopic (exact) mass is 323 g/mol. The Hall–Kier alpha value is -0.110. The highest BCUT2D eigenvalue weighted by Gasteiger charge is 2.37. The summed E-state index contributed by atoms with van der Waals surface area (Å²) in [7, 11) is 1.13. The summed E-state index contributed by atoms with van der Waals surface area (Å²) >= 11 is 2.70. The Morgan fingerprint density at radius 1 is 1.40 bits per heavy atom. The molecule has 1 unspecified atom stereocenters. The highest BCUT2D eigenvalue weighted by atomic mass is 79.9. The zero-order chi connectivity index (χ0) is 11.9. The largest absolute Gasteiger partial charge is 0.417 e. The molecule has 2 nitrogen and oxygen atoms in total. The summed E-state index contributed by atoms with van der Waals surface area (Å²) in [6.45, 7) is 0. The Bertz CT molecular complexity index is 429. The van der Waals surface area contributed by atoms with Crippen LogP contribution < -0.4 is 0 Å². The lowest BCUT2D eigenvalue weighted by Gasteiger charge is -2.08. The molecule has 0 aromatic heterocycles. The van der Waals surface area contributed by atoms with Gasteiger partial charge in [-0.1, -0.05) is 15.9 Å². The summed E-state index contributed by atoms with van der Waals surface area (Å²) in [4.78, 5) is -0.473. The van der Waals surface area contributed by atoms with Gasteiger partial charge in [-0.15, -0.1) is 0 Å². The summed E-state index contributed by atoms with van der Waals surface area (Å²) in [5.41, 5.74) is -1.04. The molecule has 84 valence electrons. The standard InChI is InChI=1S/C7H3BrClF3O2S/c8-6-2-1-4(15(9,13)14)3-5(6)7(10,11)12/h1-3H/p+1. The summed E-state index contributed by atoms with van der Waals surface area (Å²) in [6, 6.07) is 2.62. The van der Waals surface area contributed by atoms with Crippen molar-refractivity contribution in [2.24, 2.45) is 0 Å². The van der Waals surface area contributed by atoms with Crippen LogP contribution in [-0.2, 0) is 19.8 Å². The van der Waals surface area contributed by atoms with Crippen LogP contribution in [0.25, 0.3) is 0 Å². The Labute approximate surface area is 97.3 Å². The van der Waals surface area contributed by atoms with E-state index in [1.165, 1.54) is 0 Å². The van der Waals surface area contributed by atoms with Crippen LogP contribution in [0.5, 0.6) is 0 Å². The predicted molar refractivity (Wildman–Crippen MR) is 53.9 cm³/mol. The van der Waals surface area contributed by atoms with Gasteiger partial charge in [-0.25, -0.2) is 0 Å². The van der Waals surface area contributed by atoms with Gasteiger partial charge in [-0.2, -0.15) is 17.7 Å². The van der Waals surface area contributed by atoms with Crippen molar-refractivity contribution in [3.8, 4) is 0 Å². The van der Waals surface area contributed by atoms with E-state index in [0.29, 0.717) is 6.07 Å². The van der Waals surface area contributed by atoms with E-state index in [4.69, 9.17) is 15.2 Å². The SMILES string of the molecule is O=[S+](O)(Cl)c1ccc(Br)c(C(F)(F)F)c1. The highest BCUT2D eigenvalue weighted by molar-refractivity contribution is 9.10. The number of alkyl halides is 3. The summed E-state index contributed by atoms with van der Waals surface area (Å²) < 4.78 is 56.7. The highest BCUT2D eigenvalue weighted by Crippen LogP contribution is 2.37. The van der Waals surface area contributed by atoms with Crippen molar-refractivity contribution >= 4 is 36.0 Å². The van der Waals surface area contributed by atoms with Crippen molar-refractivity contribution in [1.82, 2.24) is 0 Å². The minimum atomic E-state index is -4.60. The molecular weight excluding hydrogens is 320 g/mol. The van der Waals surface area contributed by atoms with Crippen LogP contribution in [0.2, 0.25) is 0 Å². The number of rotatable bonds is 1. The average Bonchev–Trinajstić information content (AvgIpc) is 2.00. The fourth-order valence-corrected chi connectivity index (χ4v) is 2.14. The van der Waals surface area contributed by atoms with Crippen molar-refractivity contribution in [2.75, 3.05) is 0 Å². The Morgan fingerprint density at radius 3 is 2.33 bits per heavy atom. The molecule has 1 rings (SSSR count). The molecule has 15 heavy (non-hydrogen) atoms. The summed E-state index contributed by atoms with van der Waals surface area (Å²) in [5.74, 6) is 0. The first-order valence-electron chi connectivity index (χ1n) is 3.45. The normalized spacial score (nSPS) is 16.1. The van der Waals surface area contributed by atoms with Gasteiger partial charge in [0.15, 0.2) is 0 Å². The molecule has 0 aliphatic rings. The van der Waals surface area contributed by atoms with E-state index in [1.54, 1.807) is 0 Å². The number of hydrogen-bond donors (Lipinski definition) is 1. The summed E-state index contributed by atoms with van der Waals surface area (Å²) in [5, 5.41) is 0. The third kappa shape index (κ3) is 3.17. The molecule has 0 saturated heterocycles. The Kier molecular flexibility index (Phi) is 3.49. The molecule has 0 aliphatic carbocycles. The number of benzene rings is 1. The lowest BCUT2D eigenvalue weighted by atomic mass is 10.2. The van der Waals surface area contributed by atoms with Crippen LogP contribution in [-0.4, -0.2) is 4.55 Å². The molecule has 8 heteroatoms. The van der Waals surface area contributed by atoms with E-state index in [2.05, 4.69) is 15.9 Å². The van der Waals surface area contributed by atoms with Gasteiger partial charge in [0.2, 0.25) is 15.6 Å². The molecule has 0 fully saturated rings. The lowest BCUT2D eigenvalue weighted by Crippen LogP contribution is -2.08. The molecule has 0 spiro atoms. The molecule has 1 aromatic rings. The van der Waals surface area contributed by atoms with Crippen LogP contribution in [0.1, 0.15) is 5.56 Å². The topological polar surface area (TPSA) is 37.3 Å². The van der Waals surface area contributed by atoms with Gasteiger partial charge in [-0.3, -0.25) is 0 Å². The van der Waals surface area contributed by atoms with Crippen molar-refractivity contribution in [2.45, 2.75) is 11.1 Å². The molecule has 0 aliphatic heterocycles. The number of halogens is 5. The molecule has 0 heterocycles. The molecule has 0 amide bonds. The maximum absolute atomic E-state index is 12.4. The average molecular weight is 325 g/mol. The zero-order valence-electron chi connectivity index (χ0n) is 6.89. The molecular formula is C7H4BrClF3O2S+. The van der Waals surface area contributed by atoms with Crippen LogP contribution in [0.3, 0.4) is 0 Å². The van der Waals surface area contributed by atoms with Gasteiger partial charge in [0, 0.05) is 10.5 Å². The van der Waals surface area contributed by atoms with Gasteiger partial charge in [0.25, 0.3) is 0 Å². The first kappa shape index (κ1) is 13.0. The third-order valence-corrected chi connectivity index (χ3v) is 3.60. The van der Waals surface area contributed by atoms with Gasteiger partial charge < -0.3 is 0 Å². The first-order valence-corrected chi connectivity index (χ1v) is 6.59. The maximum atomic E-state index is 12.4. The molecule has 1 aromatic carbocycles. The van der Waals surface area contributed by atoms with Gasteiger partial charge >= 0.3 is 15.6 Å². The summed E-state index contributed by atoms with van der Waals surface area (Å²) in [6.07, 6.45) is -4.60. The smallest absolute Gasteiger partial charge is 0.166 e. The quantitative estimate of drug-likeness (QED) is 0.627. The van der Waals surface area contributed by atoms with Crippen molar-refractivity contribution in [3.05, 3.63) is 28.2 Å². The minimum Gasteiger partial charge on any atom is -0.166 e. The van der Waals surface area contributed by atoms with Crippen LogP contribution in [0.4, 0.5) is 13.2 Å². The fraction of sp³-hybridized carbons (Fsp3) is 0.143. The fourth-order valence-electron chi connectivity index (χ4n) is 0.878. The van der Waals surface area contributed by atoms with E-state index in [1.807, 2.05) is 0 Å². The van der Waals surface area contributed by atoms with Gasteiger partial charge in [-0.05, 0) is 16.3 Å². The van der Waals surface area contributed by atoms with Crippen LogP contribution in [0, 0.1) is 0 Å². The van der Waals surface area contributed by atoms with Crippen molar-refractivity contribution in [1.29, 1.82) is 0 Å². The van der Waals surface area contributed by atoms with E-state index >= 15 is 0 Å². The van der Waals surface area contributed by atoms with E-state index in [0.717, 1.165) is 12.1 Å². The second-order valence-electron chi connectivity index (χ2n) is 2.60. The van der Waals surface area contributed by atoms with Crippen molar-refractivity contribution < 1.29 is 21.9 Å². The molecule has 0 saturated carbocycles. The lowest BCUT2D eigenvalue weighted by molar-refractivity contribution is -0.138. The number of hydrogen-bond acceptors (Lipinski definition) is 1. The predicted octanol–water partition coefficient (Wildman–Crippen LogP) is 3.95. The van der Waals surface area contributed by atoms with Crippen LogP contribution >= 0.6 is 26.6 Å². The molecule has 0 bridgehead atoms. The van der Waals surface area contributed by atoms with Crippen molar-refractivity contribution in [3.63, 3.8) is 0 Å². The molecule has 1 atom stereocenters. The maximum Gasteiger partial charge on any atom is 0.417 e. The van der Waals surface area contributed by atoms with Gasteiger partial charge in [0.1, 0.15) is 0 Å². The first-order chi connectivity index (χ1) is 6.62. The Morgan fingerprint density at radius 2 is 1.93 bits per heavy atom. The third-order valence-electron chi connectivity index (χ3n) is 1.53.